The van der Waals surface area contributed by atoms with E-state index < -0.39 is 0 Å². The molecular weight excluding hydrogens is 250 g/mol. The lowest BCUT2D eigenvalue weighted by Crippen LogP contribution is -2.49. The number of hydrogen-bond acceptors (Lipinski definition) is 4. The van der Waals surface area contributed by atoms with Gasteiger partial charge in [0.15, 0.2) is 0 Å². The second kappa shape index (κ2) is 5.82. The highest BCUT2D eigenvalue weighted by molar-refractivity contribution is 5.40. The summed E-state index contributed by atoms with van der Waals surface area (Å²) in [5.74, 6) is 1.06. The Kier molecular flexibility index (Phi) is 3.90. The first-order valence-electron chi connectivity index (χ1n) is 7.32. The highest BCUT2D eigenvalue weighted by Crippen LogP contribution is 2.29. The average Bonchev–Trinajstić information content (AvgIpc) is 2.82. The van der Waals surface area contributed by atoms with Gasteiger partial charge in [-0.2, -0.15) is 5.26 Å². The van der Waals surface area contributed by atoms with Crippen molar-refractivity contribution in [3.8, 4) is 11.8 Å². The summed E-state index contributed by atoms with van der Waals surface area (Å²) >= 11 is 0. The Bertz CT molecular complexity index is 515. The summed E-state index contributed by atoms with van der Waals surface area (Å²) in [5.41, 5.74) is 2.65. The molecule has 0 spiro atoms. The first-order chi connectivity index (χ1) is 9.74. The Morgan fingerprint density at radius 3 is 2.75 bits per heavy atom. The van der Waals surface area contributed by atoms with Crippen LogP contribution in [0.3, 0.4) is 0 Å². The summed E-state index contributed by atoms with van der Waals surface area (Å²) in [6, 6.07) is 8.67. The van der Waals surface area contributed by atoms with Crippen molar-refractivity contribution in [3.05, 3.63) is 29.3 Å². The van der Waals surface area contributed by atoms with Gasteiger partial charge in [0.05, 0.1) is 12.6 Å². The zero-order valence-corrected chi connectivity index (χ0v) is 12.0. The molecule has 2 aliphatic rings. The van der Waals surface area contributed by atoms with Gasteiger partial charge in [0, 0.05) is 39.1 Å². The Labute approximate surface area is 120 Å². The molecule has 1 aromatic rings. The average molecular weight is 271 g/mol. The molecule has 3 rings (SSSR count). The third kappa shape index (κ3) is 2.95. The van der Waals surface area contributed by atoms with Gasteiger partial charge in [-0.25, -0.2) is 0 Å². The highest BCUT2D eigenvalue weighted by atomic mass is 16.5. The fourth-order valence-electron chi connectivity index (χ4n) is 3.07. The van der Waals surface area contributed by atoms with Crippen molar-refractivity contribution in [1.82, 2.24) is 9.80 Å². The predicted molar refractivity (Wildman–Crippen MR) is 77.8 cm³/mol. The van der Waals surface area contributed by atoms with Crippen LogP contribution in [0, 0.1) is 18.3 Å². The summed E-state index contributed by atoms with van der Waals surface area (Å²) in [5, 5.41) is 8.71. The lowest BCUT2D eigenvalue weighted by molar-refractivity contribution is 0.0983. The van der Waals surface area contributed by atoms with Crippen LogP contribution in [-0.2, 0) is 6.42 Å². The SMILES string of the molecule is Cc1ccc2c(c1)CC(CN1CCN(CC#N)CC1)O2. The molecule has 0 N–H and O–H groups in total. The number of ether oxygens (including phenoxy) is 1. The minimum atomic E-state index is 0.286. The zero-order valence-electron chi connectivity index (χ0n) is 12.0. The molecule has 1 unspecified atom stereocenters. The highest BCUT2D eigenvalue weighted by Gasteiger charge is 2.26. The van der Waals surface area contributed by atoms with Crippen LogP contribution in [0.1, 0.15) is 11.1 Å². The van der Waals surface area contributed by atoms with Crippen LogP contribution in [0.4, 0.5) is 0 Å². The second-order valence-electron chi connectivity index (χ2n) is 5.79. The van der Waals surface area contributed by atoms with E-state index in [2.05, 4.69) is 41.0 Å². The molecule has 0 aliphatic carbocycles. The van der Waals surface area contributed by atoms with Gasteiger partial charge in [-0.1, -0.05) is 17.7 Å². The zero-order chi connectivity index (χ0) is 13.9. The lowest BCUT2D eigenvalue weighted by atomic mass is 10.1. The fraction of sp³-hybridized carbons (Fsp3) is 0.562. The number of nitrogens with zero attached hydrogens (tertiary/aromatic N) is 3. The maximum atomic E-state index is 8.71. The van der Waals surface area contributed by atoms with Crippen LogP contribution < -0.4 is 4.74 Å². The summed E-state index contributed by atoms with van der Waals surface area (Å²) in [7, 11) is 0. The summed E-state index contributed by atoms with van der Waals surface area (Å²) in [6.45, 7) is 7.74. The van der Waals surface area contributed by atoms with Crippen molar-refractivity contribution < 1.29 is 4.74 Å². The number of piperazine rings is 1. The van der Waals surface area contributed by atoms with Crippen LogP contribution in [-0.4, -0.2) is 55.2 Å². The standard InChI is InChI=1S/C16H21N3O/c1-13-2-3-16-14(10-13)11-15(20-16)12-19-8-6-18(5-4-17)7-9-19/h2-3,10,15H,5-9,11-12H2,1H3. The van der Waals surface area contributed by atoms with Gasteiger partial charge in [0.1, 0.15) is 11.9 Å². The van der Waals surface area contributed by atoms with Crippen LogP contribution >= 0.6 is 0 Å². The molecule has 2 heterocycles. The van der Waals surface area contributed by atoms with Crippen LogP contribution in [0.25, 0.3) is 0 Å². The third-order valence-electron chi connectivity index (χ3n) is 4.18. The van der Waals surface area contributed by atoms with Crippen LogP contribution in [0.2, 0.25) is 0 Å². The minimum Gasteiger partial charge on any atom is -0.488 e. The number of benzene rings is 1. The molecule has 1 fully saturated rings. The predicted octanol–water partition coefficient (Wildman–Crippen LogP) is 1.44. The molecule has 20 heavy (non-hydrogen) atoms. The molecule has 1 saturated heterocycles. The van der Waals surface area contributed by atoms with Gasteiger partial charge in [-0.05, 0) is 18.6 Å². The number of hydrogen-bond donors (Lipinski definition) is 0. The van der Waals surface area contributed by atoms with Crippen LogP contribution in [0.15, 0.2) is 18.2 Å². The number of fused-ring (bicyclic) bond motifs is 1. The fourth-order valence-corrected chi connectivity index (χ4v) is 3.07. The van der Waals surface area contributed by atoms with Gasteiger partial charge in [0.2, 0.25) is 0 Å². The second-order valence-corrected chi connectivity index (χ2v) is 5.79. The van der Waals surface area contributed by atoms with E-state index in [1.165, 1.54) is 11.1 Å². The van der Waals surface area contributed by atoms with Crippen molar-refractivity contribution in [2.45, 2.75) is 19.4 Å². The molecule has 4 heteroatoms. The number of nitriles is 1. The van der Waals surface area contributed by atoms with Crippen molar-refractivity contribution in [1.29, 1.82) is 5.26 Å². The van der Waals surface area contributed by atoms with Gasteiger partial charge >= 0.3 is 0 Å². The molecule has 1 atom stereocenters. The molecule has 106 valence electrons. The molecule has 4 nitrogen and oxygen atoms in total. The molecule has 1 aromatic carbocycles. The van der Waals surface area contributed by atoms with Gasteiger partial charge < -0.3 is 4.74 Å². The van der Waals surface area contributed by atoms with Crippen molar-refractivity contribution in [2.75, 3.05) is 39.3 Å². The third-order valence-corrected chi connectivity index (χ3v) is 4.18. The van der Waals surface area contributed by atoms with Crippen LogP contribution in [0.5, 0.6) is 5.75 Å². The Balaban J connectivity index is 1.51. The first kappa shape index (κ1) is 13.4. The van der Waals surface area contributed by atoms with E-state index >= 15 is 0 Å². The van der Waals surface area contributed by atoms with Gasteiger partial charge in [-0.3, -0.25) is 9.80 Å². The smallest absolute Gasteiger partial charge is 0.123 e. The summed E-state index contributed by atoms with van der Waals surface area (Å²) in [4.78, 5) is 4.67. The topological polar surface area (TPSA) is 39.5 Å². The number of aryl methyl sites for hydroxylation is 1. The van der Waals surface area contributed by atoms with E-state index in [4.69, 9.17) is 10.00 Å². The maximum Gasteiger partial charge on any atom is 0.123 e. The Morgan fingerprint density at radius 1 is 1.25 bits per heavy atom. The van der Waals surface area contributed by atoms with E-state index in [9.17, 15) is 0 Å². The molecular formula is C16H21N3O. The van der Waals surface area contributed by atoms with E-state index in [1.807, 2.05) is 0 Å². The lowest BCUT2D eigenvalue weighted by Gasteiger charge is -2.34. The monoisotopic (exact) mass is 271 g/mol. The molecule has 0 saturated carbocycles. The molecule has 2 aliphatic heterocycles. The molecule has 0 amide bonds. The van der Waals surface area contributed by atoms with Gasteiger partial charge in [0.25, 0.3) is 0 Å². The van der Waals surface area contributed by atoms with Gasteiger partial charge in [-0.15, -0.1) is 0 Å². The normalized spacial score (nSPS) is 23.1. The molecule has 0 bridgehead atoms. The first-order valence-corrected chi connectivity index (χ1v) is 7.32. The van der Waals surface area contributed by atoms with Crippen molar-refractivity contribution >= 4 is 0 Å². The summed E-state index contributed by atoms with van der Waals surface area (Å²) < 4.78 is 6.03. The molecule has 0 radical (unpaired) electrons. The summed E-state index contributed by atoms with van der Waals surface area (Å²) in [6.07, 6.45) is 1.31. The number of rotatable bonds is 3. The van der Waals surface area contributed by atoms with E-state index in [-0.39, 0.29) is 6.10 Å². The van der Waals surface area contributed by atoms with E-state index in [0.717, 1.165) is 44.9 Å². The quantitative estimate of drug-likeness (QED) is 0.780. The molecule has 0 aromatic heterocycles. The Morgan fingerprint density at radius 2 is 2.00 bits per heavy atom. The van der Waals surface area contributed by atoms with Crippen molar-refractivity contribution in [3.63, 3.8) is 0 Å². The van der Waals surface area contributed by atoms with E-state index in [1.54, 1.807) is 0 Å². The Hall–Kier alpha value is -1.57. The minimum absolute atomic E-state index is 0.286. The largest absolute Gasteiger partial charge is 0.488 e. The van der Waals surface area contributed by atoms with E-state index in [0.29, 0.717) is 6.54 Å². The maximum absolute atomic E-state index is 8.71. The van der Waals surface area contributed by atoms with Crippen molar-refractivity contribution in [2.24, 2.45) is 0 Å².